The largest absolute Gasteiger partial charge is 0.464 e. The fourth-order valence-corrected chi connectivity index (χ4v) is 4.57. The first-order chi connectivity index (χ1) is 11.2. The van der Waals surface area contributed by atoms with Gasteiger partial charge in [-0.2, -0.15) is 0 Å². The summed E-state index contributed by atoms with van der Waals surface area (Å²) in [5, 5.41) is 1.17. The summed E-state index contributed by atoms with van der Waals surface area (Å²) in [6.07, 6.45) is 9.55. The first kappa shape index (κ1) is 15.2. The highest BCUT2D eigenvalue weighted by atomic mass is 35.5. The molecule has 2 unspecified atom stereocenters. The van der Waals surface area contributed by atoms with Crippen LogP contribution in [0.15, 0.2) is 33.7 Å². The Morgan fingerprint density at radius 2 is 2.00 bits per heavy atom. The Labute approximate surface area is 141 Å². The van der Waals surface area contributed by atoms with E-state index in [1.807, 2.05) is 0 Å². The number of piperidine rings is 1. The Kier molecular flexibility index (Phi) is 4.16. The second-order valence-corrected chi connectivity index (χ2v) is 7.39. The fourth-order valence-electron chi connectivity index (χ4n) is 4.40. The molecule has 1 aromatic carbocycles. The average Bonchev–Trinajstić information content (AvgIpc) is 2.58. The second kappa shape index (κ2) is 6.29. The van der Waals surface area contributed by atoms with E-state index in [-0.39, 0.29) is 5.43 Å². The first-order valence-electron chi connectivity index (χ1n) is 8.66. The number of hydrogen-bond donors (Lipinski definition) is 0. The zero-order valence-corrected chi connectivity index (χ0v) is 14.0. The van der Waals surface area contributed by atoms with E-state index < -0.39 is 0 Å². The van der Waals surface area contributed by atoms with Gasteiger partial charge in [-0.05, 0) is 56.3 Å². The van der Waals surface area contributed by atoms with Gasteiger partial charge in [0, 0.05) is 23.2 Å². The molecule has 2 fully saturated rings. The lowest BCUT2D eigenvalue weighted by atomic mass is 9.78. The summed E-state index contributed by atoms with van der Waals surface area (Å²) in [4.78, 5) is 15.3. The van der Waals surface area contributed by atoms with Gasteiger partial charge < -0.3 is 4.42 Å². The van der Waals surface area contributed by atoms with Crippen molar-refractivity contribution in [1.82, 2.24) is 4.90 Å². The van der Waals surface area contributed by atoms with Crippen molar-refractivity contribution in [2.45, 2.75) is 51.1 Å². The van der Waals surface area contributed by atoms with Gasteiger partial charge in [-0.15, -0.1) is 0 Å². The fraction of sp³-hybridized carbons (Fsp3) is 0.526. The van der Waals surface area contributed by atoms with Crippen LogP contribution in [-0.2, 0) is 6.54 Å². The van der Waals surface area contributed by atoms with Gasteiger partial charge in [0.15, 0.2) is 5.43 Å². The molecule has 1 aromatic heterocycles. The van der Waals surface area contributed by atoms with Crippen LogP contribution in [0, 0.1) is 5.92 Å². The molecule has 2 aromatic rings. The summed E-state index contributed by atoms with van der Waals surface area (Å²) in [6, 6.07) is 5.88. The summed E-state index contributed by atoms with van der Waals surface area (Å²) < 4.78 is 5.67. The van der Waals surface area contributed by atoms with Gasteiger partial charge in [0.1, 0.15) is 5.58 Å². The van der Waals surface area contributed by atoms with Crippen molar-refractivity contribution in [3.63, 3.8) is 0 Å². The normalized spacial score (nSPS) is 25.4. The molecule has 4 rings (SSSR count). The van der Waals surface area contributed by atoms with Crippen LogP contribution >= 0.6 is 11.6 Å². The molecule has 1 saturated heterocycles. The second-order valence-electron chi connectivity index (χ2n) is 6.96. The molecule has 0 bridgehead atoms. The Morgan fingerprint density at radius 3 is 2.91 bits per heavy atom. The summed E-state index contributed by atoms with van der Waals surface area (Å²) in [7, 11) is 0. The summed E-state index contributed by atoms with van der Waals surface area (Å²) in [5.41, 5.74) is 1.43. The van der Waals surface area contributed by atoms with Gasteiger partial charge in [-0.25, -0.2) is 0 Å². The molecule has 1 aliphatic heterocycles. The van der Waals surface area contributed by atoms with Gasteiger partial charge in [0.25, 0.3) is 0 Å². The van der Waals surface area contributed by atoms with Crippen LogP contribution in [0.4, 0.5) is 0 Å². The Balaban J connectivity index is 1.64. The van der Waals surface area contributed by atoms with Crippen LogP contribution < -0.4 is 5.43 Å². The van der Waals surface area contributed by atoms with Gasteiger partial charge in [-0.1, -0.05) is 24.4 Å². The molecule has 23 heavy (non-hydrogen) atoms. The van der Waals surface area contributed by atoms with Crippen molar-refractivity contribution in [3.05, 3.63) is 45.3 Å². The van der Waals surface area contributed by atoms with Crippen molar-refractivity contribution >= 4 is 22.6 Å². The molecule has 1 saturated carbocycles. The van der Waals surface area contributed by atoms with Crippen molar-refractivity contribution in [2.75, 3.05) is 6.54 Å². The van der Waals surface area contributed by atoms with Crippen LogP contribution in [0.25, 0.3) is 11.0 Å². The third kappa shape index (κ3) is 2.92. The number of hydrogen-bond acceptors (Lipinski definition) is 3. The summed E-state index contributed by atoms with van der Waals surface area (Å²) >= 11 is 6.04. The van der Waals surface area contributed by atoms with Gasteiger partial charge in [0.05, 0.1) is 11.6 Å². The summed E-state index contributed by atoms with van der Waals surface area (Å²) in [6.45, 7) is 1.79. The molecule has 1 aliphatic carbocycles. The first-order valence-corrected chi connectivity index (χ1v) is 9.04. The minimum Gasteiger partial charge on any atom is -0.464 e. The number of halogens is 1. The Hall–Kier alpha value is -1.32. The Morgan fingerprint density at radius 1 is 1.17 bits per heavy atom. The van der Waals surface area contributed by atoms with Crippen LogP contribution in [0.2, 0.25) is 5.02 Å². The van der Waals surface area contributed by atoms with E-state index in [9.17, 15) is 4.79 Å². The van der Waals surface area contributed by atoms with Crippen LogP contribution in [0.3, 0.4) is 0 Å². The third-order valence-corrected chi connectivity index (χ3v) is 5.77. The number of rotatable bonds is 2. The van der Waals surface area contributed by atoms with E-state index in [1.54, 1.807) is 24.5 Å². The highest BCUT2D eigenvalue weighted by Crippen LogP contribution is 2.35. The van der Waals surface area contributed by atoms with E-state index in [0.29, 0.717) is 28.6 Å². The van der Waals surface area contributed by atoms with E-state index >= 15 is 0 Å². The summed E-state index contributed by atoms with van der Waals surface area (Å²) in [5.74, 6) is 0.819. The molecule has 0 N–H and O–H groups in total. The number of likely N-dealkylation sites (tertiary alicyclic amines) is 1. The highest BCUT2D eigenvalue weighted by Gasteiger charge is 2.33. The van der Waals surface area contributed by atoms with E-state index in [1.165, 1.54) is 38.5 Å². The van der Waals surface area contributed by atoms with Gasteiger partial charge >= 0.3 is 0 Å². The van der Waals surface area contributed by atoms with Crippen LogP contribution in [0.5, 0.6) is 0 Å². The SMILES string of the molecule is O=c1c(CN2CCCC3CCCCC32)coc2ccc(Cl)cc12. The monoisotopic (exact) mass is 331 g/mol. The molecule has 2 atom stereocenters. The van der Waals surface area contributed by atoms with Crippen LogP contribution in [-0.4, -0.2) is 17.5 Å². The smallest absolute Gasteiger partial charge is 0.197 e. The minimum atomic E-state index is 0.0617. The third-order valence-electron chi connectivity index (χ3n) is 5.54. The molecule has 0 radical (unpaired) electrons. The number of fused-ring (bicyclic) bond motifs is 2. The zero-order valence-electron chi connectivity index (χ0n) is 13.3. The topological polar surface area (TPSA) is 33.5 Å². The van der Waals surface area contributed by atoms with Crippen molar-refractivity contribution < 1.29 is 4.42 Å². The van der Waals surface area contributed by atoms with Crippen molar-refractivity contribution in [1.29, 1.82) is 0 Å². The molecular weight excluding hydrogens is 310 g/mol. The predicted molar refractivity (Wildman–Crippen MR) is 92.9 cm³/mol. The molecule has 122 valence electrons. The lowest BCUT2D eigenvalue weighted by Gasteiger charge is -2.44. The van der Waals surface area contributed by atoms with E-state index in [2.05, 4.69) is 4.90 Å². The number of benzene rings is 1. The maximum absolute atomic E-state index is 12.8. The molecular formula is C19H22ClNO2. The highest BCUT2D eigenvalue weighted by molar-refractivity contribution is 6.31. The lowest BCUT2D eigenvalue weighted by molar-refractivity contribution is 0.0541. The molecule has 4 heteroatoms. The predicted octanol–water partition coefficient (Wildman–Crippen LogP) is 4.60. The average molecular weight is 332 g/mol. The standard InChI is InChI=1S/C19H22ClNO2/c20-15-7-8-18-16(10-15)19(22)14(12-23-18)11-21-9-3-5-13-4-1-2-6-17(13)21/h7-8,10,12-13,17H,1-6,9,11H2. The van der Waals surface area contributed by atoms with E-state index in [0.717, 1.165) is 18.0 Å². The van der Waals surface area contributed by atoms with Gasteiger partial charge in [0.2, 0.25) is 0 Å². The Bertz CT molecular complexity index is 768. The minimum absolute atomic E-state index is 0.0617. The molecule has 3 nitrogen and oxygen atoms in total. The van der Waals surface area contributed by atoms with E-state index in [4.69, 9.17) is 16.0 Å². The van der Waals surface area contributed by atoms with Gasteiger partial charge in [-0.3, -0.25) is 9.69 Å². The molecule has 0 amide bonds. The maximum Gasteiger partial charge on any atom is 0.197 e. The molecule has 2 aliphatic rings. The lowest BCUT2D eigenvalue weighted by Crippen LogP contribution is -2.46. The molecule has 2 heterocycles. The zero-order chi connectivity index (χ0) is 15.8. The van der Waals surface area contributed by atoms with Crippen molar-refractivity contribution in [3.8, 4) is 0 Å². The molecule has 0 spiro atoms. The number of nitrogens with zero attached hydrogens (tertiary/aromatic N) is 1. The van der Waals surface area contributed by atoms with Crippen LogP contribution in [0.1, 0.15) is 44.1 Å². The van der Waals surface area contributed by atoms with Crippen molar-refractivity contribution in [2.24, 2.45) is 5.92 Å². The maximum atomic E-state index is 12.8. The quantitative estimate of drug-likeness (QED) is 0.806.